The highest BCUT2D eigenvalue weighted by Gasteiger charge is 2.02. The molecule has 74 valence electrons. The van der Waals surface area contributed by atoms with Crippen LogP contribution >= 0.6 is 11.6 Å². The fraction of sp³-hybridized carbons (Fsp3) is 0.333. The Labute approximate surface area is 86.9 Å². The molecular weight excluding hydrogens is 200 g/mol. The summed E-state index contributed by atoms with van der Waals surface area (Å²) >= 11 is 5.61. The van der Waals surface area contributed by atoms with Crippen molar-refractivity contribution in [1.82, 2.24) is 14.6 Å². The number of hydrogen-bond acceptors (Lipinski definition) is 3. The Morgan fingerprint density at radius 2 is 2.36 bits per heavy atom. The Morgan fingerprint density at radius 1 is 1.50 bits per heavy atom. The van der Waals surface area contributed by atoms with Crippen molar-refractivity contribution in [1.29, 1.82) is 0 Å². The first kappa shape index (κ1) is 9.27. The summed E-state index contributed by atoms with van der Waals surface area (Å²) in [5.41, 5.74) is 2.00. The van der Waals surface area contributed by atoms with Gasteiger partial charge < -0.3 is 5.32 Å². The molecule has 0 aliphatic carbocycles. The molecule has 2 aromatic rings. The van der Waals surface area contributed by atoms with Crippen molar-refractivity contribution in [3.8, 4) is 0 Å². The number of pyridine rings is 1. The van der Waals surface area contributed by atoms with E-state index in [0.29, 0.717) is 5.88 Å². The van der Waals surface area contributed by atoms with Gasteiger partial charge in [0.15, 0.2) is 5.65 Å². The number of aromatic nitrogens is 3. The first-order valence-electron chi connectivity index (χ1n) is 4.41. The summed E-state index contributed by atoms with van der Waals surface area (Å²) < 4.78 is 1.76. The van der Waals surface area contributed by atoms with E-state index < -0.39 is 0 Å². The number of anilines is 1. The van der Waals surface area contributed by atoms with Gasteiger partial charge in [0.25, 0.3) is 0 Å². The average Bonchev–Trinajstić information content (AvgIpc) is 2.61. The minimum Gasteiger partial charge on any atom is -0.369 e. The standard InChI is InChI=1S/C9H11ClN4/c1-7-4-8(11-3-2-10)14-9(5-7)12-6-13-14/h4-6,11H,2-3H2,1H3. The number of rotatable bonds is 3. The lowest BCUT2D eigenvalue weighted by Crippen LogP contribution is -2.07. The van der Waals surface area contributed by atoms with Gasteiger partial charge in [-0.1, -0.05) is 0 Å². The number of hydrogen-bond donors (Lipinski definition) is 1. The van der Waals surface area contributed by atoms with E-state index in [1.54, 1.807) is 10.8 Å². The fourth-order valence-electron chi connectivity index (χ4n) is 1.36. The number of fused-ring (bicyclic) bond motifs is 1. The van der Waals surface area contributed by atoms with Crippen LogP contribution in [0.2, 0.25) is 0 Å². The highest BCUT2D eigenvalue weighted by molar-refractivity contribution is 6.18. The van der Waals surface area contributed by atoms with Crippen molar-refractivity contribution >= 4 is 23.1 Å². The van der Waals surface area contributed by atoms with Crippen LogP contribution < -0.4 is 5.32 Å². The first-order valence-corrected chi connectivity index (χ1v) is 4.95. The number of halogens is 1. The summed E-state index contributed by atoms with van der Waals surface area (Å²) in [6.07, 6.45) is 1.54. The predicted octanol–water partition coefficient (Wildman–Crippen LogP) is 1.69. The predicted molar refractivity (Wildman–Crippen MR) is 56.9 cm³/mol. The Kier molecular flexibility index (Phi) is 2.54. The summed E-state index contributed by atoms with van der Waals surface area (Å²) in [7, 11) is 0. The van der Waals surface area contributed by atoms with Gasteiger partial charge in [-0.3, -0.25) is 0 Å². The molecule has 1 N–H and O–H groups in total. The largest absolute Gasteiger partial charge is 0.369 e. The maximum atomic E-state index is 5.61. The lowest BCUT2D eigenvalue weighted by atomic mass is 10.3. The van der Waals surface area contributed by atoms with Gasteiger partial charge in [-0.05, 0) is 24.6 Å². The molecule has 14 heavy (non-hydrogen) atoms. The summed E-state index contributed by atoms with van der Waals surface area (Å²) in [6, 6.07) is 4.01. The minimum atomic E-state index is 0.574. The van der Waals surface area contributed by atoms with E-state index in [1.807, 2.05) is 19.1 Å². The van der Waals surface area contributed by atoms with E-state index in [4.69, 9.17) is 11.6 Å². The van der Waals surface area contributed by atoms with E-state index in [9.17, 15) is 0 Å². The van der Waals surface area contributed by atoms with E-state index in [-0.39, 0.29) is 0 Å². The van der Waals surface area contributed by atoms with Crippen LogP contribution in [0, 0.1) is 6.92 Å². The van der Waals surface area contributed by atoms with E-state index in [0.717, 1.165) is 23.6 Å². The molecule has 0 aliphatic heterocycles. The second-order valence-electron chi connectivity index (χ2n) is 3.06. The summed E-state index contributed by atoms with van der Waals surface area (Å²) in [5.74, 6) is 1.50. The number of nitrogens with one attached hydrogen (secondary N) is 1. The zero-order valence-corrected chi connectivity index (χ0v) is 8.62. The third-order valence-electron chi connectivity index (χ3n) is 1.92. The van der Waals surface area contributed by atoms with Crippen LogP contribution in [0.25, 0.3) is 5.65 Å². The van der Waals surface area contributed by atoms with Crippen molar-refractivity contribution in [2.24, 2.45) is 0 Å². The molecule has 0 aromatic carbocycles. The molecule has 0 fully saturated rings. The third kappa shape index (κ3) is 1.65. The second-order valence-corrected chi connectivity index (χ2v) is 3.44. The Hall–Kier alpha value is -1.29. The van der Waals surface area contributed by atoms with Gasteiger partial charge in [-0.2, -0.15) is 9.61 Å². The highest BCUT2D eigenvalue weighted by atomic mass is 35.5. The topological polar surface area (TPSA) is 42.2 Å². The zero-order valence-electron chi connectivity index (χ0n) is 7.87. The smallest absolute Gasteiger partial charge is 0.157 e. The minimum absolute atomic E-state index is 0.574. The molecule has 2 rings (SSSR count). The molecule has 0 saturated carbocycles. The van der Waals surface area contributed by atoms with Crippen LogP contribution in [0.5, 0.6) is 0 Å². The van der Waals surface area contributed by atoms with Crippen LogP contribution in [-0.4, -0.2) is 27.0 Å². The van der Waals surface area contributed by atoms with Gasteiger partial charge in [0.1, 0.15) is 12.1 Å². The van der Waals surface area contributed by atoms with E-state index >= 15 is 0 Å². The third-order valence-corrected chi connectivity index (χ3v) is 2.11. The Balaban J connectivity index is 2.44. The van der Waals surface area contributed by atoms with Gasteiger partial charge in [0.2, 0.25) is 0 Å². The second kappa shape index (κ2) is 3.84. The van der Waals surface area contributed by atoms with Crippen molar-refractivity contribution in [2.45, 2.75) is 6.92 Å². The van der Waals surface area contributed by atoms with Crippen molar-refractivity contribution < 1.29 is 0 Å². The van der Waals surface area contributed by atoms with Crippen molar-refractivity contribution in [3.63, 3.8) is 0 Å². The molecule has 0 spiro atoms. The van der Waals surface area contributed by atoms with Crippen molar-refractivity contribution in [3.05, 3.63) is 24.0 Å². The zero-order chi connectivity index (χ0) is 9.97. The van der Waals surface area contributed by atoms with Crippen molar-refractivity contribution in [2.75, 3.05) is 17.7 Å². The van der Waals surface area contributed by atoms with Gasteiger partial charge in [0, 0.05) is 12.4 Å². The Morgan fingerprint density at radius 3 is 3.14 bits per heavy atom. The molecule has 0 aliphatic rings. The highest BCUT2D eigenvalue weighted by Crippen LogP contribution is 2.12. The van der Waals surface area contributed by atoms with E-state index in [2.05, 4.69) is 15.4 Å². The molecule has 0 bridgehead atoms. The van der Waals surface area contributed by atoms with Crippen LogP contribution in [0.1, 0.15) is 5.56 Å². The lowest BCUT2D eigenvalue weighted by Gasteiger charge is -2.06. The van der Waals surface area contributed by atoms with Gasteiger partial charge in [-0.15, -0.1) is 11.6 Å². The van der Waals surface area contributed by atoms with Crippen LogP contribution in [0.4, 0.5) is 5.82 Å². The molecule has 0 saturated heterocycles. The quantitative estimate of drug-likeness (QED) is 0.784. The molecule has 5 heteroatoms. The maximum Gasteiger partial charge on any atom is 0.157 e. The molecule has 0 radical (unpaired) electrons. The lowest BCUT2D eigenvalue weighted by molar-refractivity contribution is 0.949. The molecule has 0 unspecified atom stereocenters. The molecule has 2 heterocycles. The molecular formula is C9H11ClN4. The molecule has 0 amide bonds. The van der Waals surface area contributed by atoms with Crippen LogP contribution in [0.15, 0.2) is 18.5 Å². The number of nitrogens with zero attached hydrogens (tertiary/aromatic N) is 3. The SMILES string of the molecule is Cc1cc(NCCCl)n2ncnc2c1. The van der Waals surface area contributed by atoms with Crippen LogP contribution in [0.3, 0.4) is 0 Å². The monoisotopic (exact) mass is 210 g/mol. The average molecular weight is 211 g/mol. The number of alkyl halides is 1. The Bertz CT molecular complexity index is 437. The number of aryl methyl sites for hydroxylation is 1. The summed E-state index contributed by atoms with van der Waals surface area (Å²) in [4.78, 5) is 4.13. The normalized spacial score (nSPS) is 10.7. The first-order chi connectivity index (χ1) is 6.81. The molecule has 0 atom stereocenters. The summed E-state index contributed by atoms with van der Waals surface area (Å²) in [6.45, 7) is 2.75. The molecule has 2 aromatic heterocycles. The molecule has 4 nitrogen and oxygen atoms in total. The summed E-state index contributed by atoms with van der Waals surface area (Å²) in [5, 5.41) is 7.31. The van der Waals surface area contributed by atoms with Gasteiger partial charge in [-0.25, -0.2) is 4.98 Å². The van der Waals surface area contributed by atoms with Gasteiger partial charge >= 0.3 is 0 Å². The fourth-order valence-corrected chi connectivity index (χ4v) is 1.45. The van der Waals surface area contributed by atoms with E-state index in [1.165, 1.54) is 0 Å². The van der Waals surface area contributed by atoms with Gasteiger partial charge in [0.05, 0.1) is 0 Å². The van der Waals surface area contributed by atoms with Crippen LogP contribution in [-0.2, 0) is 0 Å². The maximum absolute atomic E-state index is 5.61.